The highest BCUT2D eigenvalue weighted by Gasteiger charge is 2.28. The maximum atomic E-state index is 14.3. The molecule has 2 fully saturated rings. The average Bonchev–Trinajstić information content (AvgIpc) is 3.23. The lowest BCUT2D eigenvalue weighted by molar-refractivity contribution is -0.129. The minimum atomic E-state index is -0.535. The van der Waals surface area contributed by atoms with Gasteiger partial charge >= 0.3 is 0 Å². The van der Waals surface area contributed by atoms with Crippen molar-refractivity contribution in [1.29, 1.82) is 0 Å². The van der Waals surface area contributed by atoms with Crippen LogP contribution in [0.1, 0.15) is 26.2 Å². The van der Waals surface area contributed by atoms with Gasteiger partial charge in [0.1, 0.15) is 0 Å². The Hall–Kier alpha value is -3.43. The number of carbonyl (C=O) groups is 2. The molecule has 2 unspecified atom stereocenters. The number of aromatic nitrogens is 2. The molecular weight excluding hydrogens is 413 g/mol. The number of anilines is 4. The number of amides is 2. The van der Waals surface area contributed by atoms with Gasteiger partial charge in [0.2, 0.25) is 18.3 Å². The SMILES string of the molecule is CC(=O)N1CCN(c2ccc(Nc3ncc(F)c(NC4CCCC4NC=O)n3)cc2)CC1. The Bertz CT molecular complexity index is 948. The predicted octanol–water partition coefficient (Wildman–Crippen LogP) is 2.11. The van der Waals surface area contributed by atoms with E-state index in [0.717, 1.165) is 63.0 Å². The lowest BCUT2D eigenvalue weighted by Crippen LogP contribution is -2.48. The first-order valence-corrected chi connectivity index (χ1v) is 10.9. The van der Waals surface area contributed by atoms with Crippen LogP contribution in [0.3, 0.4) is 0 Å². The minimum absolute atomic E-state index is 0.0388. The lowest BCUT2D eigenvalue weighted by atomic mass is 10.2. The summed E-state index contributed by atoms with van der Waals surface area (Å²) in [5.74, 6) is -0.0187. The van der Waals surface area contributed by atoms with E-state index in [0.29, 0.717) is 6.41 Å². The van der Waals surface area contributed by atoms with Crippen LogP contribution in [0.25, 0.3) is 0 Å². The maximum absolute atomic E-state index is 14.3. The van der Waals surface area contributed by atoms with Crippen molar-refractivity contribution in [3.63, 3.8) is 0 Å². The minimum Gasteiger partial charge on any atom is -0.368 e. The Balaban J connectivity index is 1.38. The molecule has 2 heterocycles. The molecule has 10 heteroatoms. The molecule has 1 saturated heterocycles. The van der Waals surface area contributed by atoms with Crippen LogP contribution in [0, 0.1) is 5.82 Å². The molecule has 32 heavy (non-hydrogen) atoms. The molecule has 2 aromatic rings. The number of nitrogens with zero attached hydrogens (tertiary/aromatic N) is 4. The molecule has 1 aromatic heterocycles. The zero-order chi connectivity index (χ0) is 22.5. The summed E-state index contributed by atoms with van der Waals surface area (Å²) in [6.45, 7) is 4.63. The van der Waals surface area contributed by atoms with Gasteiger partial charge in [-0.3, -0.25) is 9.59 Å². The van der Waals surface area contributed by atoms with Crippen molar-refractivity contribution in [2.45, 2.75) is 38.3 Å². The zero-order valence-corrected chi connectivity index (χ0v) is 18.1. The van der Waals surface area contributed by atoms with E-state index < -0.39 is 5.82 Å². The van der Waals surface area contributed by atoms with Crippen LogP contribution in [-0.4, -0.2) is 65.4 Å². The van der Waals surface area contributed by atoms with E-state index in [1.54, 1.807) is 6.92 Å². The van der Waals surface area contributed by atoms with Gasteiger partial charge in [0.25, 0.3) is 0 Å². The van der Waals surface area contributed by atoms with E-state index in [1.165, 1.54) is 0 Å². The number of hydrogen-bond donors (Lipinski definition) is 3. The Morgan fingerprint density at radius 2 is 1.84 bits per heavy atom. The van der Waals surface area contributed by atoms with Crippen LogP contribution in [0.2, 0.25) is 0 Å². The second kappa shape index (κ2) is 9.80. The predicted molar refractivity (Wildman–Crippen MR) is 120 cm³/mol. The van der Waals surface area contributed by atoms with Gasteiger partial charge in [-0.2, -0.15) is 4.98 Å². The number of nitrogens with one attached hydrogen (secondary N) is 3. The van der Waals surface area contributed by atoms with E-state index in [2.05, 4.69) is 30.8 Å². The molecule has 2 aliphatic rings. The van der Waals surface area contributed by atoms with Crippen LogP contribution in [-0.2, 0) is 9.59 Å². The molecule has 170 valence electrons. The molecule has 3 N–H and O–H groups in total. The average molecular weight is 442 g/mol. The molecule has 0 radical (unpaired) electrons. The Morgan fingerprint density at radius 1 is 1.12 bits per heavy atom. The summed E-state index contributed by atoms with van der Waals surface area (Å²) in [5.41, 5.74) is 1.87. The fraction of sp³-hybridized carbons (Fsp3) is 0.455. The Morgan fingerprint density at radius 3 is 2.53 bits per heavy atom. The molecule has 9 nitrogen and oxygen atoms in total. The van der Waals surface area contributed by atoms with E-state index in [4.69, 9.17) is 0 Å². The molecule has 0 spiro atoms. The van der Waals surface area contributed by atoms with Crippen molar-refractivity contribution < 1.29 is 14.0 Å². The van der Waals surface area contributed by atoms with Crippen LogP contribution in [0.15, 0.2) is 30.5 Å². The molecule has 4 rings (SSSR count). The summed E-state index contributed by atoms with van der Waals surface area (Å²) in [6.07, 6.45) is 4.46. The van der Waals surface area contributed by atoms with Gasteiger partial charge < -0.3 is 25.8 Å². The highest BCUT2D eigenvalue weighted by molar-refractivity contribution is 5.73. The summed E-state index contributed by atoms with van der Waals surface area (Å²) in [6, 6.07) is 7.75. The highest BCUT2D eigenvalue weighted by atomic mass is 19.1. The Kier molecular flexibility index (Phi) is 6.67. The number of rotatable bonds is 7. The molecular formula is C22H28FN7O2. The molecule has 0 bridgehead atoms. The van der Waals surface area contributed by atoms with Gasteiger partial charge in [-0.25, -0.2) is 9.37 Å². The smallest absolute Gasteiger partial charge is 0.229 e. The third kappa shape index (κ3) is 5.06. The molecule has 2 atom stereocenters. The second-order valence-electron chi connectivity index (χ2n) is 8.13. The van der Waals surface area contributed by atoms with E-state index in [1.807, 2.05) is 29.2 Å². The molecule has 1 aliphatic heterocycles. The molecule has 1 aromatic carbocycles. The van der Waals surface area contributed by atoms with Crippen molar-refractivity contribution in [3.05, 3.63) is 36.3 Å². The Labute approximate surface area is 186 Å². The summed E-state index contributed by atoms with van der Waals surface area (Å²) < 4.78 is 14.3. The van der Waals surface area contributed by atoms with Gasteiger partial charge in [-0.05, 0) is 43.5 Å². The van der Waals surface area contributed by atoms with Crippen LogP contribution >= 0.6 is 0 Å². The number of benzene rings is 1. The first-order chi connectivity index (χ1) is 15.5. The molecule has 2 amide bonds. The van der Waals surface area contributed by atoms with Gasteiger partial charge in [-0.1, -0.05) is 0 Å². The molecule has 1 aliphatic carbocycles. The van der Waals surface area contributed by atoms with Crippen LogP contribution in [0.5, 0.6) is 0 Å². The highest BCUT2D eigenvalue weighted by Crippen LogP contribution is 2.25. The van der Waals surface area contributed by atoms with Crippen LogP contribution in [0.4, 0.5) is 27.5 Å². The van der Waals surface area contributed by atoms with Crippen molar-refractivity contribution in [1.82, 2.24) is 20.2 Å². The van der Waals surface area contributed by atoms with Crippen molar-refractivity contribution in [3.8, 4) is 0 Å². The fourth-order valence-electron chi connectivity index (χ4n) is 4.29. The quantitative estimate of drug-likeness (QED) is 0.566. The third-order valence-corrected chi connectivity index (χ3v) is 6.08. The molecule has 1 saturated carbocycles. The largest absolute Gasteiger partial charge is 0.368 e. The topological polar surface area (TPSA) is 102 Å². The van der Waals surface area contributed by atoms with Crippen molar-refractivity contribution >= 4 is 35.5 Å². The maximum Gasteiger partial charge on any atom is 0.229 e. The van der Waals surface area contributed by atoms with Crippen molar-refractivity contribution in [2.24, 2.45) is 0 Å². The number of piperazine rings is 1. The van der Waals surface area contributed by atoms with E-state index >= 15 is 0 Å². The summed E-state index contributed by atoms with van der Waals surface area (Å²) in [4.78, 5) is 34.7. The van der Waals surface area contributed by atoms with Gasteiger partial charge in [0, 0.05) is 56.6 Å². The standard InChI is InChI=1S/C22H28FN7O2/c1-15(32)29-9-11-30(12-10-29)17-7-5-16(6-8-17)26-22-24-13-18(23)21(28-22)27-20-4-2-3-19(20)25-14-31/h5-8,13-14,19-20H,2-4,9-12H2,1H3,(H,25,31)(H2,24,26,27,28). The third-order valence-electron chi connectivity index (χ3n) is 6.08. The van der Waals surface area contributed by atoms with Crippen molar-refractivity contribution in [2.75, 3.05) is 41.7 Å². The van der Waals surface area contributed by atoms with Gasteiger partial charge in [0.15, 0.2) is 11.6 Å². The first kappa shape index (κ1) is 21.8. The number of halogens is 1. The fourth-order valence-corrected chi connectivity index (χ4v) is 4.29. The number of carbonyl (C=O) groups excluding carboxylic acids is 2. The summed E-state index contributed by atoms with van der Waals surface area (Å²) >= 11 is 0. The first-order valence-electron chi connectivity index (χ1n) is 10.9. The van der Waals surface area contributed by atoms with Gasteiger partial charge in [-0.15, -0.1) is 0 Å². The summed E-state index contributed by atoms with van der Waals surface area (Å²) in [5, 5.41) is 9.01. The second-order valence-corrected chi connectivity index (χ2v) is 8.13. The normalized spacial score (nSPS) is 20.7. The van der Waals surface area contributed by atoms with E-state index in [-0.39, 0.29) is 29.8 Å². The van der Waals surface area contributed by atoms with Crippen LogP contribution < -0.4 is 20.9 Å². The monoisotopic (exact) mass is 441 g/mol. The van der Waals surface area contributed by atoms with Gasteiger partial charge in [0.05, 0.1) is 6.20 Å². The summed E-state index contributed by atoms with van der Waals surface area (Å²) in [7, 11) is 0. The number of hydrogen-bond acceptors (Lipinski definition) is 7. The van der Waals surface area contributed by atoms with E-state index in [9.17, 15) is 14.0 Å². The lowest BCUT2D eigenvalue weighted by Gasteiger charge is -2.35. The zero-order valence-electron chi connectivity index (χ0n) is 18.1.